The van der Waals surface area contributed by atoms with E-state index in [1.165, 1.54) is 19.1 Å². The average molecular weight is 528 g/mol. The van der Waals surface area contributed by atoms with Crippen molar-refractivity contribution in [3.8, 4) is 0 Å². The number of allylic oxidation sites excluding steroid dienone is 4. The summed E-state index contributed by atoms with van der Waals surface area (Å²) in [6.07, 6.45) is 0.00524. The fourth-order valence-corrected chi connectivity index (χ4v) is 8.63. The molecule has 6 nitrogen and oxygen atoms in total. The fraction of sp³-hybridized carbons (Fsp3) is 0.680. The van der Waals surface area contributed by atoms with Crippen LogP contribution in [-0.4, -0.2) is 50.0 Å². The van der Waals surface area contributed by atoms with Crippen LogP contribution < -0.4 is 0 Å². The fourth-order valence-electron chi connectivity index (χ4n) is 7.62. The number of esters is 1. The summed E-state index contributed by atoms with van der Waals surface area (Å²) in [5.41, 5.74) is -7.00. The minimum Gasteiger partial charge on any atom is -0.730 e. The second-order valence-corrected chi connectivity index (χ2v) is 12.3. The van der Waals surface area contributed by atoms with E-state index in [0.29, 0.717) is 0 Å². The molecule has 1 unspecified atom stereocenters. The van der Waals surface area contributed by atoms with Crippen molar-refractivity contribution in [2.45, 2.75) is 76.9 Å². The van der Waals surface area contributed by atoms with E-state index in [0.717, 1.165) is 6.08 Å². The van der Waals surface area contributed by atoms with E-state index in [1.54, 1.807) is 20.8 Å². The van der Waals surface area contributed by atoms with Gasteiger partial charge < -0.3 is 27.3 Å². The first kappa shape index (κ1) is 26.4. The maximum Gasteiger partial charge on any atom is 0.306 e. The largest absolute Gasteiger partial charge is 0.730 e. The topological polar surface area (TPSA) is 97.7 Å². The van der Waals surface area contributed by atoms with E-state index in [-0.39, 0.29) is 43.0 Å². The van der Waals surface area contributed by atoms with Gasteiger partial charge in [0, 0.05) is 29.1 Å². The molecule has 3 saturated carbocycles. The van der Waals surface area contributed by atoms with E-state index in [4.69, 9.17) is 4.74 Å². The van der Waals surface area contributed by atoms with Gasteiger partial charge in [0.2, 0.25) is 5.12 Å². The maximum atomic E-state index is 17.3. The van der Waals surface area contributed by atoms with Crippen LogP contribution in [0, 0.1) is 28.6 Å². The molecule has 0 aliphatic heterocycles. The Morgan fingerprint density at radius 3 is 2.51 bits per heavy atom. The third kappa shape index (κ3) is 3.35. The Morgan fingerprint density at radius 1 is 1.26 bits per heavy atom. The van der Waals surface area contributed by atoms with Gasteiger partial charge in [-0.05, 0) is 61.6 Å². The Labute approximate surface area is 212 Å². The molecule has 4 aliphatic rings. The maximum absolute atomic E-state index is 17.3. The van der Waals surface area contributed by atoms with Gasteiger partial charge in [0.25, 0.3) is 0 Å². The van der Waals surface area contributed by atoms with Crippen molar-refractivity contribution in [1.29, 1.82) is 0 Å². The van der Waals surface area contributed by atoms with Gasteiger partial charge in [0.1, 0.15) is 6.17 Å². The molecule has 4 rings (SSSR count). The molecular weight excluding hydrogens is 498 g/mol. The molecule has 0 amide bonds. The molecule has 0 aromatic carbocycles. The molecule has 9 atom stereocenters. The number of hydrogen-bond donors (Lipinski definition) is 1. The number of hydrogen-bond acceptors (Lipinski definition) is 8. The zero-order chi connectivity index (χ0) is 26.1. The Bertz CT molecular complexity index is 1060. The first-order valence-electron chi connectivity index (χ1n) is 11.8. The van der Waals surface area contributed by atoms with Crippen LogP contribution in [-0.2, 0) is 31.7 Å². The summed E-state index contributed by atoms with van der Waals surface area (Å²) in [6, 6.07) is 0. The third-order valence-corrected chi connectivity index (χ3v) is 10.1. The van der Waals surface area contributed by atoms with E-state index in [1.807, 2.05) is 0 Å². The van der Waals surface area contributed by atoms with Gasteiger partial charge in [-0.25, -0.2) is 8.78 Å². The van der Waals surface area contributed by atoms with Crippen LogP contribution in [0.1, 0.15) is 53.4 Å². The van der Waals surface area contributed by atoms with Crippen LogP contribution in [0.3, 0.4) is 0 Å². The van der Waals surface area contributed by atoms with Crippen LogP contribution >= 0.6 is 11.8 Å². The number of ether oxygens (including phenoxy) is 1. The van der Waals surface area contributed by atoms with Gasteiger partial charge in [-0.15, -0.1) is 0 Å². The number of thioether (sulfide) groups is 1. The quantitative estimate of drug-likeness (QED) is 0.432. The molecule has 0 aromatic rings. The molecule has 10 heteroatoms. The van der Waals surface area contributed by atoms with Crippen molar-refractivity contribution in [2.75, 3.05) is 0 Å². The van der Waals surface area contributed by atoms with Crippen LogP contribution in [0.15, 0.2) is 23.8 Å². The molecule has 35 heavy (non-hydrogen) atoms. The van der Waals surface area contributed by atoms with Gasteiger partial charge in [-0.2, -0.15) is 0 Å². The van der Waals surface area contributed by atoms with Gasteiger partial charge in [0.15, 0.2) is 17.1 Å². The molecule has 4 aliphatic carbocycles. The molecular formula is C25H29F2O6S2-. The van der Waals surface area contributed by atoms with Crippen molar-refractivity contribution in [1.82, 2.24) is 0 Å². The van der Waals surface area contributed by atoms with E-state index in [9.17, 15) is 24.3 Å². The predicted molar refractivity (Wildman–Crippen MR) is 128 cm³/mol. The number of ketones is 1. The Balaban J connectivity index is 1.88. The monoisotopic (exact) mass is 527 g/mol. The van der Waals surface area contributed by atoms with E-state index < -0.39 is 73.4 Å². The summed E-state index contributed by atoms with van der Waals surface area (Å²) in [5.74, 6) is -3.43. The Kier molecular flexibility index (Phi) is 6.38. The number of halogens is 2. The highest BCUT2D eigenvalue weighted by Crippen LogP contribution is 2.72. The molecule has 0 aromatic heterocycles. The second kappa shape index (κ2) is 8.45. The molecule has 192 valence electrons. The minimum atomic E-state index is -2.32. The van der Waals surface area contributed by atoms with Crippen molar-refractivity contribution < 1.29 is 37.8 Å². The molecule has 0 saturated heterocycles. The SMILES string of the molecule is CCC(=O)O[C@]1(C(=O)SC(=O)[S-])[C@H](C)C[C@H]2C3C[C@H](F)C4=CC(=O)C=C[C@]4(C)[C@@]3(F)[C@@H](O)C[C@@]21C. The second-order valence-electron chi connectivity index (χ2n) is 10.7. The van der Waals surface area contributed by atoms with E-state index in [2.05, 4.69) is 12.6 Å². The van der Waals surface area contributed by atoms with E-state index >= 15 is 8.78 Å². The molecule has 0 bridgehead atoms. The number of carbonyl (C=O) groups excluding carboxylic acids is 4. The highest BCUT2D eigenvalue weighted by molar-refractivity contribution is 8.36. The van der Waals surface area contributed by atoms with Crippen molar-refractivity contribution in [3.63, 3.8) is 0 Å². The van der Waals surface area contributed by atoms with Gasteiger partial charge >= 0.3 is 5.97 Å². The summed E-state index contributed by atoms with van der Waals surface area (Å²) >= 11 is 4.86. The van der Waals surface area contributed by atoms with Crippen molar-refractivity contribution in [3.05, 3.63) is 23.8 Å². The summed E-state index contributed by atoms with van der Waals surface area (Å²) in [5, 5.41) is 10.7. The highest BCUT2D eigenvalue weighted by Gasteiger charge is 2.78. The molecule has 1 N–H and O–H groups in total. The smallest absolute Gasteiger partial charge is 0.306 e. The summed E-state index contributed by atoms with van der Waals surface area (Å²) in [4.78, 5) is 49.7. The molecule has 0 spiro atoms. The number of fused-ring (bicyclic) bond motifs is 5. The van der Waals surface area contributed by atoms with Crippen LogP contribution in [0.5, 0.6) is 0 Å². The van der Waals surface area contributed by atoms with Gasteiger partial charge in [0.05, 0.1) is 10.6 Å². The zero-order valence-corrected chi connectivity index (χ0v) is 21.6. The summed E-state index contributed by atoms with van der Waals surface area (Å²) in [6.45, 7) is 6.40. The molecule has 0 radical (unpaired) electrons. The lowest BCUT2D eigenvalue weighted by molar-refractivity contribution is -0.228. The third-order valence-electron chi connectivity index (χ3n) is 9.21. The van der Waals surface area contributed by atoms with Gasteiger partial charge in [-0.3, -0.25) is 14.4 Å². The number of rotatable bonds is 3. The van der Waals surface area contributed by atoms with Gasteiger partial charge in [-0.1, -0.05) is 26.8 Å². The standard InChI is InChI=1S/C25H30F2O6S2/c1-5-19(30)33-25(20(31)35-21(32)34)12(2)8-14-15-10-17(26)16-9-13(28)6-7-22(16,3)24(15,27)18(29)11-23(14,25)4/h6-7,9,12,14-15,17-18,29H,5,8,10-11H2,1-4H3,(H,32,34)/p-1/t12-,14+,15?,17+,18+,22+,23+,24+,25+/m1/s1. The lowest BCUT2D eigenvalue weighted by Crippen LogP contribution is -2.70. The number of alkyl halides is 2. The first-order chi connectivity index (χ1) is 16.2. The highest BCUT2D eigenvalue weighted by atomic mass is 32.2. The lowest BCUT2D eigenvalue weighted by Gasteiger charge is -2.63. The van der Waals surface area contributed by atoms with Crippen LogP contribution in [0.25, 0.3) is 0 Å². The molecule has 3 fully saturated rings. The first-order valence-corrected chi connectivity index (χ1v) is 13.0. The number of carbonyl (C=O) groups is 4. The summed E-state index contributed by atoms with van der Waals surface area (Å²) < 4.78 is 37.8. The van der Waals surface area contributed by atoms with Crippen molar-refractivity contribution >= 4 is 45.7 Å². The predicted octanol–water partition coefficient (Wildman–Crippen LogP) is 4.17. The molecule has 0 heterocycles. The van der Waals surface area contributed by atoms with Crippen LogP contribution in [0.2, 0.25) is 0 Å². The average Bonchev–Trinajstić information content (AvgIpc) is 2.98. The number of aliphatic hydroxyl groups is 1. The normalized spacial score (nSPS) is 46.2. The van der Waals surface area contributed by atoms with Crippen molar-refractivity contribution in [2.24, 2.45) is 28.6 Å². The zero-order valence-electron chi connectivity index (χ0n) is 20.0. The Hall–Kier alpha value is -1.65. The minimum absolute atomic E-state index is 0.00413. The lowest BCUT2D eigenvalue weighted by atomic mass is 9.44. The Morgan fingerprint density at radius 2 is 1.91 bits per heavy atom. The van der Waals surface area contributed by atoms with Crippen LogP contribution in [0.4, 0.5) is 13.6 Å². The number of aliphatic hydroxyl groups excluding tert-OH is 1. The summed E-state index contributed by atoms with van der Waals surface area (Å²) in [7, 11) is 0.